The minimum absolute atomic E-state index is 0.0125. The number of hydrogen-bond donors (Lipinski definition) is 3. The number of nitrogens with one attached hydrogen (secondary N) is 2. The molecule has 0 aliphatic rings. The third kappa shape index (κ3) is 6.07. The van der Waals surface area contributed by atoms with E-state index >= 15 is 0 Å². The van der Waals surface area contributed by atoms with Gasteiger partial charge in [0.15, 0.2) is 5.69 Å². The second-order valence-electron chi connectivity index (χ2n) is 8.03. The van der Waals surface area contributed by atoms with Crippen LogP contribution >= 0.6 is 15.9 Å². The molecule has 0 radical (unpaired) electrons. The molecule has 0 spiro atoms. The monoisotopic (exact) mass is 493 g/mol. The van der Waals surface area contributed by atoms with Crippen molar-refractivity contribution in [3.8, 4) is 0 Å². The molecule has 2 aromatic rings. The van der Waals surface area contributed by atoms with E-state index < -0.39 is 16.8 Å². The Hall–Kier alpha value is -2.39. The Bertz CT molecular complexity index is 1010. The third-order valence-corrected chi connectivity index (χ3v) is 5.74. The Balaban J connectivity index is 2.33. The summed E-state index contributed by atoms with van der Waals surface area (Å²) >= 11 is 3.43. The molecule has 0 aliphatic carbocycles. The van der Waals surface area contributed by atoms with Gasteiger partial charge in [-0.25, -0.2) is 4.79 Å². The third-order valence-electron chi connectivity index (χ3n) is 5.22. The van der Waals surface area contributed by atoms with Crippen molar-refractivity contribution >= 4 is 33.3 Å². The van der Waals surface area contributed by atoms with Gasteiger partial charge >= 0.3 is 5.69 Å². The fraction of sp³-hybridized carbons (Fsp3) is 0.500. The minimum Gasteiger partial charge on any atom is -0.383 e. The summed E-state index contributed by atoms with van der Waals surface area (Å²) in [7, 11) is 0. The number of aromatic nitrogens is 2. The average molecular weight is 494 g/mol. The first-order valence-corrected chi connectivity index (χ1v) is 11.4. The fourth-order valence-electron chi connectivity index (χ4n) is 3.32. The van der Waals surface area contributed by atoms with Crippen LogP contribution in [0.25, 0.3) is 0 Å². The van der Waals surface area contributed by atoms with Crippen LogP contribution < -0.4 is 27.2 Å². The Morgan fingerprint density at radius 3 is 2.42 bits per heavy atom. The zero-order valence-electron chi connectivity index (χ0n) is 18.6. The van der Waals surface area contributed by atoms with Crippen molar-refractivity contribution in [2.75, 3.05) is 23.7 Å². The van der Waals surface area contributed by atoms with Gasteiger partial charge in [-0.3, -0.25) is 24.5 Å². The molecule has 1 amide bonds. The van der Waals surface area contributed by atoms with E-state index in [-0.39, 0.29) is 24.0 Å². The van der Waals surface area contributed by atoms with Crippen LogP contribution in [0.4, 0.5) is 11.5 Å². The Morgan fingerprint density at radius 1 is 1.19 bits per heavy atom. The molecule has 1 heterocycles. The lowest BCUT2D eigenvalue weighted by Gasteiger charge is -2.29. The first-order chi connectivity index (χ1) is 14.6. The quantitative estimate of drug-likeness (QED) is 0.470. The molecule has 0 saturated heterocycles. The number of unbranched alkanes of at least 4 members (excludes halogenated alkanes) is 1. The molecule has 0 fully saturated rings. The molecular weight excluding hydrogens is 462 g/mol. The molecule has 0 unspecified atom stereocenters. The number of halogens is 1. The standard InChI is InChI=1S/C22H32BrN5O3/c1-5-7-13-27(18-19(24)28(12-6-2)21(31)26-20(18)30)17(29)14-25-22(3,4)15-8-10-16(23)11-9-15/h8-11,25H,5-7,12-14,24H2,1-4H3,(H,26,30,31). The van der Waals surface area contributed by atoms with E-state index in [0.29, 0.717) is 25.9 Å². The summed E-state index contributed by atoms with van der Waals surface area (Å²) < 4.78 is 2.29. The molecule has 1 aromatic carbocycles. The highest BCUT2D eigenvalue weighted by atomic mass is 79.9. The van der Waals surface area contributed by atoms with Crippen molar-refractivity contribution in [2.24, 2.45) is 0 Å². The van der Waals surface area contributed by atoms with E-state index in [2.05, 4.69) is 26.2 Å². The molecule has 0 bridgehead atoms. The summed E-state index contributed by atoms with van der Waals surface area (Å²) in [6.07, 6.45) is 2.21. The maximum absolute atomic E-state index is 13.2. The van der Waals surface area contributed by atoms with Crippen LogP contribution in [0.15, 0.2) is 38.3 Å². The first kappa shape index (κ1) is 24.9. The van der Waals surface area contributed by atoms with E-state index in [1.807, 2.05) is 52.0 Å². The number of carbonyl (C=O) groups is 1. The second kappa shape index (κ2) is 10.8. The average Bonchev–Trinajstić information content (AvgIpc) is 2.72. The highest BCUT2D eigenvalue weighted by Gasteiger charge is 2.26. The zero-order valence-corrected chi connectivity index (χ0v) is 20.2. The molecule has 4 N–H and O–H groups in total. The van der Waals surface area contributed by atoms with Gasteiger partial charge in [-0.1, -0.05) is 48.3 Å². The summed E-state index contributed by atoms with van der Waals surface area (Å²) in [5.74, 6) is -0.259. The number of nitrogen functional groups attached to an aromatic ring is 1. The zero-order chi connectivity index (χ0) is 23.2. The van der Waals surface area contributed by atoms with Crippen LogP contribution in [0.2, 0.25) is 0 Å². The SMILES string of the molecule is CCCCN(C(=O)CNC(C)(C)c1ccc(Br)cc1)c1c(N)n(CCC)c(=O)[nH]c1=O. The lowest BCUT2D eigenvalue weighted by Crippen LogP contribution is -2.48. The van der Waals surface area contributed by atoms with E-state index in [0.717, 1.165) is 16.5 Å². The number of amides is 1. The van der Waals surface area contributed by atoms with Crippen LogP contribution in [0.1, 0.15) is 52.5 Å². The van der Waals surface area contributed by atoms with Gasteiger partial charge in [0, 0.05) is 23.1 Å². The number of nitrogens with zero attached hydrogens (tertiary/aromatic N) is 2. The van der Waals surface area contributed by atoms with Crippen molar-refractivity contribution in [2.45, 2.75) is 59.0 Å². The van der Waals surface area contributed by atoms with Crippen LogP contribution in [0.5, 0.6) is 0 Å². The van der Waals surface area contributed by atoms with E-state index in [9.17, 15) is 14.4 Å². The van der Waals surface area contributed by atoms with Crippen LogP contribution in [0.3, 0.4) is 0 Å². The van der Waals surface area contributed by atoms with Crippen molar-refractivity contribution in [1.82, 2.24) is 14.9 Å². The number of benzene rings is 1. The molecule has 31 heavy (non-hydrogen) atoms. The Kier molecular flexibility index (Phi) is 8.64. The van der Waals surface area contributed by atoms with Crippen molar-refractivity contribution < 1.29 is 4.79 Å². The molecule has 8 nitrogen and oxygen atoms in total. The lowest BCUT2D eigenvalue weighted by molar-refractivity contribution is -0.118. The summed E-state index contributed by atoms with van der Waals surface area (Å²) in [5, 5.41) is 3.28. The number of carbonyl (C=O) groups excluding carboxylic acids is 1. The van der Waals surface area contributed by atoms with E-state index in [1.54, 1.807) is 0 Å². The molecule has 170 valence electrons. The van der Waals surface area contributed by atoms with Crippen LogP contribution in [-0.2, 0) is 16.9 Å². The number of aromatic amines is 1. The van der Waals surface area contributed by atoms with Gasteiger partial charge in [-0.15, -0.1) is 0 Å². The maximum Gasteiger partial charge on any atom is 0.330 e. The van der Waals surface area contributed by atoms with Crippen LogP contribution in [-0.4, -0.2) is 28.5 Å². The van der Waals surface area contributed by atoms with Gasteiger partial charge in [0.05, 0.1) is 6.54 Å². The predicted molar refractivity (Wildman–Crippen MR) is 128 cm³/mol. The summed E-state index contributed by atoms with van der Waals surface area (Å²) in [6.45, 7) is 8.60. The lowest BCUT2D eigenvalue weighted by atomic mass is 9.94. The number of nitrogens with two attached hydrogens (primary N) is 1. The molecule has 9 heteroatoms. The summed E-state index contributed by atoms with van der Waals surface area (Å²) in [4.78, 5) is 41.7. The summed E-state index contributed by atoms with van der Waals surface area (Å²) in [6, 6.07) is 7.87. The highest BCUT2D eigenvalue weighted by Crippen LogP contribution is 2.23. The molecule has 0 atom stereocenters. The number of hydrogen-bond acceptors (Lipinski definition) is 5. The van der Waals surface area contributed by atoms with Crippen molar-refractivity contribution in [1.29, 1.82) is 0 Å². The van der Waals surface area contributed by atoms with E-state index in [4.69, 9.17) is 5.73 Å². The highest BCUT2D eigenvalue weighted by molar-refractivity contribution is 9.10. The van der Waals surface area contributed by atoms with Crippen LogP contribution in [0, 0.1) is 0 Å². The van der Waals surface area contributed by atoms with Gasteiger partial charge < -0.3 is 10.6 Å². The van der Waals surface area contributed by atoms with Gasteiger partial charge in [-0.2, -0.15) is 0 Å². The van der Waals surface area contributed by atoms with Gasteiger partial charge in [0.2, 0.25) is 5.91 Å². The smallest absolute Gasteiger partial charge is 0.330 e. The van der Waals surface area contributed by atoms with E-state index in [1.165, 1.54) is 9.47 Å². The molecule has 0 aliphatic heterocycles. The molecular formula is C22H32BrN5O3. The topological polar surface area (TPSA) is 113 Å². The number of anilines is 2. The summed E-state index contributed by atoms with van der Waals surface area (Å²) in [5.41, 5.74) is 5.58. The Labute approximate surface area is 191 Å². The van der Waals surface area contributed by atoms with Gasteiger partial charge in [0.25, 0.3) is 5.56 Å². The fourth-order valence-corrected chi connectivity index (χ4v) is 3.59. The number of H-pyrrole nitrogens is 1. The minimum atomic E-state index is -0.647. The number of rotatable bonds is 10. The maximum atomic E-state index is 13.2. The molecule has 1 aromatic heterocycles. The normalized spacial score (nSPS) is 11.5. The second-order valence-corrected chi connectivity index (χ2v) is 8.94. The predicted octanol–water partition coefficient (Wildman–Crippen LogP) is 2.95. The Morgan fingerprint density at radius 2 is 1.84 bits per heavy atom. The van der Waals surface area contributed by atoms with Crippen molar-refractivity contribution in [3.05, 3.63) is 55.1 Å². The van der Waals surface area contributed by atoms with Gasteiger partial charge in [-0.05, 0) is 44.4 Å². The van der Waals surface area contributed by atoms with Crippen molar-refractivity contribution in [3.63, 3.8) is 0 Å². The van der Waals surface area contributed by atoms with Gasteiger partial charge in [0.1, 0.15) is 5.82 Å². The first-order valence-electron chi connectivity index (χ1n) is 10.6. The molecule has 0 saturated carbocycles. The molecule has 2 rings (SSSR count). The largest absolute Gasteiger partial charge is 0.383 e.